The summed E-state index contributed by atoms with van der Waals surface area (Å²) in [5.74, 6) is 4.39. The number of fused-ring (bicyclic) bond motifs is 1. The average molecular weight is 649 g/mol. The smallest absolute Gasteiger partial charge is 0.358 e. The van der Waals surface area contributed by atoms with Crippen molar-refractivity contribution in [1.29, 1.82) is 0 Å². The van der Waals surface area contributed by atoms with Gasteiger partial charge in [-0.1, -0.05) is 40.7 Å². The Labute approximate surface area is 260 Å². The van der Waals surface area contributed by atoms with E-state index in [0.29, 0.717) is 25.1 Å². The number of benzene rings is 1. The molecule has 3 N–H and O–H groups in total. The molecule has 1 aliphatic rings. The number of thiophene rings is 1. The first-order valence-electron chi connectivity index (χ1n) is 12.4. The van der Waals surface area contributed by atoms with E-state index in [1.807, 2.05) is 12.8 Å². The van der Waals surface area contributed by atoms with Crippen molar-refractivity contribution in [2.45, 2.75) is 57.0 Å². The zero-order chi connectivity index (χ0) is 31.8. The minimum absolute atomic E-state index is 0.0116. The van der Waals surface area contributed by atoms with Gasteiger partial charge in [-0.3, -0.25) is 9.79 Å². The lowest BCUT2D eigenvalue weighted by atomic mass is 9.75. The number of nitrogens with two attached hydrogens (primary N) is 1. The number of hydrogen-bond acceptors (Lipinski definition) is 4. The van der Waals surface area contributed by atoms with Gasteiger partial charge in [0, 0.05) is 31.3 Å². The first kappa shape index (κ1) is 38.5. The Balaban J connectivity index is 0.00000125. The third-order valence-electron chi connectivity index (χ3n) is 6.09. The van der Waals surface area contributed by atoms with Crippen molar-refractivity contribution in [3.63, 3.8) is 0 Å². The molecule has 1 unspecified atom stereocenters. The maximum absolute atomic E-state index is 14.5. The van der Waals surface area contributed by atoms with Crippen molar-refractivity contribution in [2.24, 2.45) is 10.7 Å². The topological polar surface area (TPSA) is 67.5 Å². The van der Waals surface area contributed by atoms with Crippen LogP contribution in [0, 0.1) is 31.6 Å². The van der Waals surface area contributed by atoms with Crippen molar-refractivity contribution >= 4 is 58.3 Å². The second kappa shape index (κ2) is 18.9. The number of nitrogens with zero attached hydrogens (tertiary/aromatic N) is 1. The number of terminal acetylenes is 2. The summed E-state index contributed by atoms with van der Waals surface area (Å²) in [6.45, 7) is 8.59. The number of halogens is 6. The lowest BCUT2D eigenvalue weighted by Crippen LogP contribution is -2.43. The second-order valence-corrected chi connectivity index (χ2v) is 10.7. The fraction of sp³-hybridized carbons (Fsp3) is 0.400. The van der Waals surface area contributed by atoms with Crippen LogP contribution in [0.3, 0.4) is 0 Å². The van der Waals surface area contributed by atoms with Gasteiger partial charge >= 0.3 is 6.18 Å². The van der Waals surface area contributed by atoms with Crippen LogP contribution in [0.5, 0.6) is 0 Å². The van der Waals surface area contributed by atoms with Crippen LogP contribution in [0.2, 0.25) is 15.1 Å². The number of alkyl halides is 3. The first-order valence-corrected chi connectivity index (χ1v) is 14.4. The molecule has 0 fully saturated rings. The summed E-state index contributed by atoms with van der Waals surface area (Å²) in [6.07, 6.45) is 10.3. The summed E-state index contributed by atoms with van der Waals surface area (Å²) in [5, 5.41) is 2.25. The highest BCUT2D eigenvalue weighted by atomic mass is 35.5. The molecular weight excluding hydrogens is 614 g/mol. The van der Waals surface area contributed by atoms with E-state index in [0.717, 1.165) is 53.1 Å². The maximum Gasteiger partial charge on any atom is 0.409 e. The molecule has 41 heavy (non-hydrogen) atoms. The molecule has 1 atom stereocenters. The van der Waals surface area contributed by atoms with Crippen LogP contribution in [-0.4, -0.2) is 38.9 Å². The van der Waals surface area contributed by atoms with Gasteiger partial charge in [0.25, 0.3) is 0 Å². The lowest BCUT2D eigenvalue weighted by molar-refractivity contribution is -0.171. The van der Waals surface area contributed by atoms with Crippen LogP contribution in [0.25, 0.3) is 0 Å². The van der Waals surface area contributed by atoms with Crippen molar-refractivity contribution in [3.8, 4) is 24.7 Å². The molecule has 0 aliphatic heterocycles. The fourth-order valence-corrected chi connectivity index (χ4v) is 6.03. The van der Waals surface area contributed by atoms with E-state index in [1.54, 1.807) is 0 Å². The molecule has 1 aromatic heterocycles. The molecule has 224 valence electrons. The van der Waals surface area contributed by atoms with Crippen LogP contribution >= 0.6 is 46.1 Å². The number of amides is 1. The van der Waals surface area contributed by atoms with Gasteiger partial charge in [-0.25, -0.2) is 0 Å². The summed E-state index contributed by atoms with van der Waals surface area (Å²) < 4.78 is 43.4. The van der Waals surface area contributed by atoms with E-state index in [1.165, 1.54) is 31.0 Å². The van der Waals surface area contributed by atoms with Gasteiger partial charge in [0.2, 0.25) is 6.41 Å². The molecule has 0 bridgehead atoms. The zero-order valence-corrected chi connectivity index (χ0v) is 26.4. The average Bonchev–Trinajstić information content (AvgIpc) is 3.30. The minimum atomic E-state index is -4.76. The Kier molecular flexibility index (Phi) is 17.7. The molecule has 1 amide bonds. The Morgan fingerprint density at radius 2 is 1.68 bits per heavy atom. The summed E-state index contributed by atoms with van der Waals surface area (Å²) in [6, 6.07) is 2.29. The van der Waals surface area contributed by atoms with Gasteiger partial charge in [-0.05, 0) is 68.5 Å². The molecule has 1 aliphatic carbocycles. The van der Waals surface area contributed by atoms with Crippen LogP contribution in [0.1, 0.15) is 52.1 Å². The van der Waals surface area contributed by atoms with Gasteiger partial charge in [0.1, 0.15) is 0 Å². The van der Waals surface area contributed by atoms with Crippen molar-refractivity contribution in [1.82, 2.24) is 5.32 Å². The molecule has 0 saturated heterocycles. The van der Waals surface area contributed by atoms with E-state index in [4.69, 9.17) is 47.6 Å². The Bertz CT molecular complexity index is 1240. The van der Waals surface area contributed by atoms with Crippen molar-refractivity contribution in [2.75, 3.05) is 20.6 Å². The molecule has 11 heteroatoms. The molecule has 3 rings (SSSR count). The summed E-state index contributed by atoms with van der Waals surface area (Å²) in [7, 11) is 3.00. The van der Waals surface area contributed by atoms with Gasteiger partial charge in [0.15, 0.2) is 5.41 Å². The molecule has 2 aromatic rings. The number of nitrogens with one attached hydrogen (secondary N) is 1. The predicted molar refractivity (Wildman–Crippen MR) is 170 cm³/mol. The molecule has 0 spiro atoms. The predicted octanol–water partition coefficient (Wildman–Crippen LogP) is 7.97. The van der Waals surface area contributed by atoms with Crippen LogP contribution in [0.4, 0.5) is 13.2 Å². The maximum atomic E-state index is 14.5. The number of aryl methyl sites for hydroxylation is 1. The minimum Gasteiger partial charge on any atom is -0.358 e. The normalized spacial score (nSPS) is 13.6. The Morgan fingerprint density at radius 3 is 2.12 bits per heavy atom. The molecule has 1 heterocycles. The zero-order valence-electron chi connectivity index (χ0n) is 23.4. The first-order chi connectivity index (χ1) is 19.5. The highest BCUT2D eigenvalue weighted by Gasteiger charge is 2.56. The van der Waals surface area contributed by atoms with E-state index < -0.39 is 18.0 Å². The van der Waals surface area contributed by atoms with Crippen LogP contribution < -0.4 is 11.1 Å². The molecule has 0 saturated carbocycles. The number of aliphatic imine (C=N–C) groups is 1. The Morgan fingerprint density at radius 1 is 1.15 bits per heavy atom. The van der Waals surface area contributed by atoms with E-state index in [-0.39, 0.29) is 20.6 Å². The summed E-state index contributed by atoms with van der Waals surface area (Å²) >= 11 is 19.5. The van der Waals surface area contributed by atoms with Gasteiger partial charge < -0.3 is 11.1 Å². The number of hydrogen-bond donors (Lipinski definition) is 2. The second-order valence-electron chi connectivity index (χ2n) is 8.33. The third-order valence-corrected chi connectivity index (χ3v) is 8.53. The third kappa shape index (κ3) is 9.81. The fourth-order valence-electron chi connectivity index (χ4n) is 4.15. The van der Waals surface area contributed by atoms with Crippen LogP contribution in [-0.2, 0) is 23.1 Å². The van der Waals surface area contributed by atoms with E-state index >= 15 is 0 Å². The summed E-state index contributed by atoms with van der Waals surface area (Å²) in [5.41, 5.74) is 4.31. The molecule has 0 radical (unpaired) electrons. The number of rotatable bonds is 7. The van der Waals surface area contributed by atoms with E-state index in [2.05, 4.69) is 35.1 Å². The van der Waals surface area contributed by atoms with Crippen LogP contribution in [0.15, 0.2) is 30.3 Å². The van der Waals surface area contributed by atoms with Gasteiger partial charge in [0.05, 0.1) is 25.7 Å². The molecule has 4 nitrogen and oxygen atoms in total. The number of carbonyl (C=O) groups is 1. The van der Waals surface area contributed by atoms with Crippen molar-refractivity contribution < 1.29 is 18.0 Å². The monoisotopic (exact) mass is 647 g/mol. The lowest BCUT2D eigenvalue weighted by Gasteiger charge is -2.32. The largest absolute Gasteiger partial charge is 0.409 e. The summed E-state index contributed by atoms with van der Waals surface area (Å²) in [4.78, 5) is 15.7. The molecular formula is C30H35Cl3F3N3OS. The SMILES string of the molecule is C#CC(CC(=NC)c1sc(C)c2c1CCCC2)(c1cc(Cl)c(Cl)c(Cl)c1)C(F)(F)F.C#CCCNC=O.C=C.CN. The van der Waals surface area contributed by atoms with Gasteiger partial charge in [-0.15, -0.1) is 43.3 Å². The molecule has 1 aromatic carbocycles. The van der Waals surface area contributed by atoms with E-state index in [9.17, 15) is 18.0 Å². The number of carbonyl (C=O) groups excluding carboxylic acids is 1. The Hall–Kier alpha value is -2.46. The highest BCUT2D eigenvalue weighted by Crippen LogP contribution is 2.48. The van der Waals surface area contributed by atoms with Crippen molar-refractivity contribution in [3.05, 3.63) is 66.8 Å². The quantitative estimate of drug-likeness (QED) is 0.0799. The van der Waals surface area contributed by atoms with Gasteiger partial charge in [-0.2, -0.15) is 13.2 Å². The standard InChI is InChI=1S/C22H19Cl3F3NS.C5H7NO.C2H4.CH5N/c1-4-21(22(26,27)28,13-9-16(23)19(25)17(24)10-13)11-18(29-3)20-15-8-6-5-7-14(15)12(2)30-20;1-2-3-4-6-5-7;2*1-2/h1,9-10H,5-8,11H2,2-3H3;1,5H,3-4H2,(H,6,7);1-2H2;2H2,1H3. The highest BCUT2D eigenvalue weighted by molar-refractivity contribution is 7.14.